The Kier molecular flexibility index (Phi) is 7.03. The number of carbonyl (C=O) groups is 2. The molecule has 0 aromatic heterocycles. The standard InChI is InChI=1S/C20H30N4O2/c25-19(15-21-13-16-3-4-16)23-14-17-5-7-18(8-6-17)20(26)22-9-12-24-10-1-2-11-24/h5-8,16,21H,1-4,9-15H2,(H,22,26)(H,23,25). The minimum atomic E-state index is -0.0379. The van der Waals surface area contributed by atoms with Crippen LogP contribution in [0.25, 0.3) is 0 Å². The predicted molar refractivity (Wildman–Crippen MR) is 102 cm³/mol. The van der Waals surface area contributed by atoms with Gasteiger partial charge in [-0.05, 0) is 68.9 Å². The molecule has 1 saturated heterocycles. The minimum Gasteiger partial charge on any atom is -0.351 e. The minimum absolute atomic E-state index is 0.00869. The van der Waals surface area contributed by atoms with Crippen molar-refractivity contribution in [3.05, 3.63) is 35.4 Å². The molecular weight excluding hydrogens is 328 g/mol. The van der Waals surface area contributed by atoms with Crippen LogP contribution in [0.1, 0.15) is 41.6 Å². The second kappa shape index (κ2) is 9.69. The molecule has 0 atom stereocenters. The molecule has 6 heteroatoms. The fourth-order valence-corrected chi connectivity index (χ4v) is 3.18. The van der Waals surface area contributed by atoms with Crippen molar-refractivity contribution < 1.29 is 9.59 Å². The van der Waals surface area contributed by atoms with E-state index in [9.17, 15) is 9.59 Å². The van der Waals surface area contributed by atoms with Crippen LogP contribution < -0.4 is 16.0 Å². The molecule has 6 nitrogen and oxygen atoms in total. The van der Waals surface area contributed by atoms with Crippen LogP contribution in [0, 0.1) is 5.92 Å². The fraction of sp³-hybridized carbons (Fsp3) is 0.600. The zero-order valence-corrected chi connectivity index (χ0v) is 15.4. The molecule has 0 spiro atoms. The highest BCUT2D eigenvalue weighted by Gasteiger charge is 2.20. The van der Waals surface area contributed by atoms with E-state index >= 15 is 0 Å². The molecule has 1 aromatic carbocycles. The van der Waals surface area contributed by atoms with Gasteiger partial charge in [0, 0.05) is 25.2 Å². The molecule has 3 N–H and O–H groups in total. The maximum Gasteiger partial charge on any atom is 0.251 e. The van der Waals surface area contributed by atoms with Crippen LogP contribution in [0.4, 0.5) is 0 Å². The van der Waals surface area contributed by atoms with E-state index in [1.54, 1.807) is 0 Å². The summed E-state index contributed by atoms with van der Waals surface area (Å²) < 4.78 is 0. The molecule has 3 rings (SSSR count). The van der Waals surface area contributed by atoms with Crippen molar-refractivity contribution in [2.45, 2.75) is 32.2 Å². The Labute approximate surface area is 155 Å². The number of hydrogen-bond acceptors (Lipinski definition) is 4. The SMILES string of the molecule is O=C(CNCC1CC1)NCc1ccc(C(=O)NCCN2CCCC2)cc1. The van der Waals surface area contributed by atoms with Crippen LogP contribution in [0.5, 0.6) is 0 Å². The van der Waals surface area contributed by atoms with Gasteiger partial charge in [-0.2, -0.15) is 0 Å². The van der Waals surface area contributed by atoms with Crippen LogP contribution in [0.3, 0.4) is 0 Å². The Balaban J connectivity index is 1.32. The van der Waals surface area contributed by atoms with Gasteiger partial charge in [-0.25, -0.2) is 0 Å². The van der Waals surface area contributed by atoms with Crippen LogP contribution >= 0.6 is 0 Å². The summed E-state index contributed by atoms with van der Waals surface area (Å²) in [6, 6.07) is 7.43. The Morgan fingerprint density at radius 1 is 1.04 bits per heavy atom. The zero-order valence-electron chi connectivity index (χ0n) is 15.4. The maximum absolute atomic E-state index is 12.2. The Bertz CT molecular complexity index is 592. The van der Waals surface area contributed by atoms with Crippen LogP contribution in [0.2, 0.25) is 0 Å². The van der Waals surface area contributed by atoms with Crippen molar-refractivity contribution >= 4 is 11.8 Å². The van der Waals surface area contributed by atoms with Gasteiger partial charge in [0.15, 0.2) is 0 Å². The topological polar surface area (TPSA) is 73.5 Å². The van der Waals surface area contributed by atoms with Gasteiger partial charge in [0.1, 0.15) is 0 Å². The second-order valence-corrected chi connectivity index (χ2v) is 7.35. The van der Waals surface area contributed by atoms with Gasteiger partial charge >= 0.3 is 0 Å². The van der Waals surface area contributed by atoms with Gasteiger partial charge in [0.2, 0.25) is 5.91 Å². The average Bonchev–Trinajstić information content (AvgIpc) is 3.33. The summed E-state index contributed by atoms with van der Waals surface area (Å²) in [7, 11) is 0. The van der Waals surface area contributed by atoms with Gasteiger partial charge in [-0.1, -0.05) is 12.1 Å². The molecule has 0 radical (unpaired) electrons. The number of carbonyl (C=O) groups excluding carboxylic acids is 2. The summed E-state index contributed by atoms with van der Waals surface area (Å²) in [5, 5.41) is 9.05. The van der Waals surface area contributed by atoms with Crippen molar-refractivity contribution in [2.24, 2.45) is 5.92 Å². The van der Waals surface area contributed by atoms with Gasteiger partial charge in [-0.15, -0.1) is 0 Å². The summed E-state index contributed by atoms with van der Waals surface area (Å²) in [6.45, 7) is 5.69. The van der Waals surface area contributed by atoms with E-state index in [2.05, 4.69) is 20.9 Å². The van der Waals surface area contributed by atoms with E-state index in [1.807, 2.05) is 24.3 Å². The monoisotopic (exact) mass is 358 g/mol. The first-order valence-electron chi connectivity index (χ1n) is 9.77. The first-order valence-corrected chi connectivity index (χ1v) is 9.77. The summed E-state index contributed by atoms with van der Waals surface area (Å²) in [5.74, 6) is 0.746. The summed E-state index contributed by atoms with van der Waals surface area (Å²) in [4.78, 5) is 26.3. The number of rotatable bonds is 10. The highest BCUT2D eigenvalue weighted by atomic mass is 16.2. The van der Waals surface area contributed by atoms with Crippen molar-refractivity contribution in [1.29, 1.82) is 0 Å². The molecule has 1 aliphatic carbocycles. The van der Waals surface area contributed by atoms with Gasteiger partial charge in [0.05, 0.1) is 6.54 Å². The number of hydrogen-bond donors (Lipinski definition) is 3. The predicted octanol–water partition coefficient (Wildman–Crippen LogP) is 1.13. The number of amides is 2. The highest BCUT2D eigenvalue weighted by molar-refractivity contribution is 5.94. The van der Waals surface area contributed by atoms with E-state index in [1.165, 1.54) is 25.7 Å². The first kappa shape index (κ1) is 18.9. The molecule has 26 heavy (non-hydrogen) atoms. The average molecular weight is 358 g/mol. The Morgan fingerprint density at radius 3 is 2.46 bits per heavy atom. The first-order chi connectivity index (χ1) is 12.7. The summed E-state index contributed by atoms with van der Waals surface area (Å²) in [5.41, 5.74) is 1.65. The van der Waals surface area contributed by atoms with Crippen molar-refractivity contribution in [3.8, 4) is 0 Å². The van der Waals surface area contributed by atoms with Crippen molar-refractivity contribution in [3.63, 3.8) is 0 Å². The summed E-state index contributed by atoms with van der Waals surface area (Å²) in [6.07, 6.45) is 5.10. The fourth-order valence-electron chi connectivity index (χ4n) is 3.18. The normalized spacial score (nSPS) is 17.2. The lowest BCUT2D eigenvalue weighted by molar-refractivity contribution is -0.120. The molecule has 1 saturated carbocycles. The lowest BCUT2D eigenvalue weighted by Gasteiger charge is -2.14. The van der Waals surface area contributed by atoms with E-state index in [4.69, 9.17) is 0 Å². The van der Waals surface area contributed by atoms with Gasteiger partial charge in [0.25, 0.3) is 5.91 Å². The number of likely N-dealkylation sites (tertiary alicyclic amines) is 1. The van der Waals surface area contributed by atoms with Gasteiger partial charge in [-0.3, -0.25) is 9.59 Å². The number of nitrogens with zero attached hydrogens (tertiary/aromatic N) is 1. The van der Waals surface area contributed by atoms with E-state index in [0.29, 0.717) is 25.2 Å². The molecule has 2 amide bonds. The smallest absolute Gasteiger partial charge is 0.251 e. The number of benzene rings is 1. The van der Waals surface area contributed by atoms with Crippen molar-refractivity contribution in [1.82, 2.24) is 20.9 Å². The molecule has 1 aromatic rings. The van der Waals surface area contributed by atoms with Gasteiger partial charge < -0.3 is 20.9 Å². The Morgan fingerprint density at radius 2 is 1.77 bits per heavy atom. The molecular formula is C20H30N4O2. The third-order valence-electron chi connectivity index (χ3n) is 5.03. The molecule has 142 valence electrons. The maximum atomic E-state index is 12.2. The van der Waals surface area contributed by atoms with E-state index < -0.39 is 0 Å². The lowest BCUT2D eigenvalue weighted by Crippen LogP contribution is -2.34. The van der Waals surface area contributed by atoms with Crippen LogP contribution in [0.15, 0.2) is 24.3 Å². The lowest BCUT2D eigenvalue weighted by atomic mass is 10.1. The molecule has 1 heterocycles. The highest BCUT2D eigenvalue weighted by Crippen LogP contribution is 2.27. The zero-order chi connectivity index (χ0) is 18.2. The van der Waals surface area contributed by atoms with Crippen LogP contribution in [-0.2, 0) is 11.3 Å². The Hall–Kier alpha value is -1.92. The number of nitrogens with one attached hydrogen (secondary N) is 3. The quantitative estimate of drug-likeness (QED) is 0.586. The molecule has 2 fully saturated rings. The second-order valence-electron chi connectivity index (χ2n) is 7.35. The molecule has 0 unspecified atom stereocenters. The summed E-state index contributed by atoms with van der Waals surface area (Å²) >= 11 is 0. The molecule has 1 aliphatic heterocycles. The molecule has 2 aliphatic rings. The largest absolute Gasteiger partial charge is 0.351 e. The third kappa shape index (κ3) is 6.42. The van der Waals surface area contributed by atoms with Crippen LogP contribution in [-0.4, -0.2) is 56.0 Å². The van der Waals surface area contributed by atoms with Crippen molar-refractivity contribution in [2.75, 3.05) is 39.3 Å². The molecule has 0 bridgehead atoms. The third-order valence-corrected chi connectivity index (χ3v) is 5.03. The van der Waals surface area contributed by atoms with E-state index in [-0.39, 0.29) is 11.8 Å². The van der Waals surface area contributed by atoms with E-state index in [0.717, 1.165) is 37.7 Å².